The lowest BCUT2D eigenvalue weighted by molar-refractivity contribution is -0.116. The molecule has 8 heteroatoms. The van der Waals surface area contributed by atoms with Crippen LogP contribution in [0, 0.1) is 17.8 Å². The molecule has 2 fully saturated rings. The summed E-state index contributed by atoms with van der Waals surface area (Å²) in [7, 11) is 1.71. The van der Waals surface area contributed by atoms with Crippen LogP contribution in [0.3, 0.4) is 0 Å². The molecule has 2 bridgehead atoms. The predicted octanol–water partition coefficient (Wildman–Crippen LogP) is 4.92. The van der Waals surface area contributed by atoms with Crippen molar-refractivity contribution < 1.29 is 14.6 Å². The van der Waals surface area contributed by atoms with Gasteiger partial charge in [0.2, 0.25) is 5.91 Å². The third-order valence-electron chi connectivity index (χ3n) is 7.62. The number of anilines is 1. The van der Waals surface area contributed by atoms with Crippen LogP contribution >= 0.6 is 23.1 Å². The molecule has 1 aliphatic heterocycles. The molecule has 4 unspecified atom stereocenters. The van der Waals surface area contributed by atoms with Gasteiger partial charge in [0.05, 0.1) is 12.1 Å². The van der Waals surface area contributed by atoms with E-state index >= 15 is 0 Å². The Morgan fingerprint density at radius 3 is 2.71 bits per heavy atom. The van der Waals surface area contributed by atoms with E-state index in [9.17, 15) is 14.7 Å². The highest BCUT2D eigenvalue weighted by atomic mass is 32.2. The molecule has 6 rings (SSSR count). The van der Waals surface area contributed by atoms with Gasteiger partial charge in [-0.3, -0.25) is 14.2 Å². The van der Waals surface area contributed by atoms with Crippen molar-refractivity contribution in [2.24, 2.45) is 17.8 Å². The molecule has 176 valence electrons. The number of carbonyl (C=O) groups is 1. The molecule has 3 aromatic rings. The van der Waals surface area contributed by atoms with E-state index in [1.807, 2.05) is 30.0 Å². The quantitative estimate of drug-likeness (QED) is 0.493. The van der Waals surface area contributed by atoms with Crippen molar-refractivity contribution in [1.82, 2.24) is 4.57 Å². The molecule has 0 saturated heterocycles. The smallest absolute Gasteiger partial charge is 0.308 e. The van der Waals surface area contributed by atoms with E-state index in [1.165, 1.54) is 42.7 Å². The number of hydrogen-bond donors (Lipinski definition) is 2. The number of ether oxygens (including phenoxy) is 1. The molecule has 5 atom stereocenters. The summed E-state index contributed by atoms with van der Waals surface area (Å²) in [5.74, 6) is 2.70. The van der Waals surface area contributed by atoms with Crippen LogP contribution in [-0.2, 0) is 11.3 Å². The number of fused-ring (bicyclic) bond motifs is 6. The average Bonchev–Trinajstić information content (AvgIpc) is 3.54. The van der Waals surface area contributed by atoms with Gasteiger partial charge in [0.25, 0.3) is 0 Å². The first-order chi connectivity index (χ1) is 16.5. The number of aromatic hydroxyl groups is 1. The van der Waals surface area contributed by atoms with Crippen molar-refractivity contribution in [1.29, 1.82) is 0 Å². The minimum absolute atomic E-state index is 0.0251. The van der Waals surface area contributed by atoms with Gasteiger partial charge in [0.15, 0.2) is 0 Å². The first kappa shape index (κ1) is 21.8. The van der Waals surface area contributed by atoms with E-state index in [2.05, 4.69) is 11.4 Å². The van der Waals surface area contributed by atoms with Crippen molar-refractivity contribution in [2.45, 2.75) is 42.0 Å². The van der Waals surface area contributed by atoms with Gasteiger partial charge in [-0.15, -0.1) is 11.8 Å². The van der Waals surface area contributed by atoms with Crippen LogP contribution in [0.4, 0.5) is 5.69 Å². The fourth-order valence-electron chi connectivity index (χ4n) is 6.25. The first-order valence-electron chi connectivity index (χ1n) is 11.7. The first-order valence-corrected chi connectivity index (χ1v) is 13.3. The summed E-state index contributed by atoms with van der Waals surface area (Å²) >= 11 is 3.10. The molecule has 0 spiro atoms. The number of thiazole rings is 1. The van der Waals surface area contributed by atoms with Gasteiger partial charge in [-0.25, -0.2) is 0 Å². The summed E-state index contributed by atoms with van der Waals surface area (Å²) in [6.45, 7) is -0.0251. The molecule has 34 heavy (non-hydrogen) atoms. The summed E-state index contributed by atoms with van der Waals surface area (Å²) in [5.41, 5.74) is 1.74. The molecule has 6 nitrogen and oxygen atoms in total. The van der Waals surface area contributed by atoms with Crippen LogP contribution in [0.1, 0.15) is 35.6 Å². The van der Waals surface area contributed by atoms with Crippen LogP contribution in [0.15, 0.2) is 58.4 Å². The fourth-order valence-corrected chi connectivity index (χ4v) is 9.39. The second-order valence-corrected chi connectivity index (χ2v) is 11.6. The number of aromatic nitrogens is 1. The number of carbonyl (C=O) groups excluding carboxylic acids is 1. The van der Waals surface area contributed by atoms with Crippen molar-refractivity contribution in [3.8, 4) is 11.5 Å². The number of benzene rings is 2. The Hall–Kier alpha value is -2.71. The highest BCUT2D eigenvalue weighted by Crippen LogP contribution is 2.64. The largest absolute Gasteiger partial charge is 0.508 e. The number of phenolic OH excluding ortho intramolecular Hbond substituents is 1. The molecule has 2 aliphatic carbocycles. The van der Waals surface area contributed by atoms with Crippen molar-refractivity contribution >= 4 is 34.7 Å². The predicted molar refractivity (Wildman–Crippen MR) is 134 cm³/mol. The number of rotatable bonds is 5. The summed E-state index contributed by atoms with van der Waals surface area (Å²) in [6.07, 6.45) is 3.77. The second-order valence-electron chi connectivity index (χ2n) is 9.43. The summed E-state index contributed by atoms with van der Waals surface area (Å²) in [4.78, 5) is 27.0. The Kier molecular flexibility index (Phi) is 5.45. The van der Waals surface area contributed by atoms with Crippen LogP contribution < -0.4 is 14.9 Å². The molecule has 2 heterocycles. The van der Waals surface area contributed by atoms with Crippen molar-refractivity contribution in [3.63, 3.8) is 0 Å². The third-order valence-corrected chi connectivity index (χ3v) is 10.4. The molecular weight excluding hydrogens is 468 g/mol. The van der Waals surface area contributed by atoms with Gasteiger partial charge in [0.1, 0.15) is 18.0 Å². The lowest BCUT2D eigenvalue weighted by Gasteiger charge is -2.40. The summed E-state index contributed by atoms with van der Waals surface area (Å²) < 4.78 is 7.41. The third kappa shape index (κ3) is 3.55. The lowest BCUT2D eigenvalue weighted by atomic mass is 9.74. The maximum atomic E-state index is 13.2. The number of nitrogens with zero attached hydrogens (tertiary/aromatic N) is 1. The van der Waals surface area contributed by atoms with Gasteiger partial charge >= 0.3 is 4.87 Å². The van der Waals surface area contributed by atoms with E-state index in [4.69, 9.17) is 4.74 Å². The zero-order chi connectivity index (χ0) is 23.4. The fraction of sp³-hybridized carbons (Fsp3) is 0.385. The molecule has 3 aliphatic rings. The van der Waals surface area contributed by atoms with Crippen LogP contribution in [-0.4, -0.2) is 27.9 Å². The van der Waals surface area contributed by atoms with Crippen molar-refractivity contribution in [3.05, 3.63) is 68.6 Å². The normalized spacial score (nSPS) is 26.7. The van der Waals surface area contributed by atoms with E-state index in [-0.39, 0.29) is 29.0 Å². The Balaban J connectivity index is 1.38. The number of nitrogens with one attached hydrogen (secondary N) is 1. The number of para-hydroxylation sites is 1. The minimum Gasteiger partial charge on any atom is -0.508 e. The van der Waals surface area contributed by atoms with E-state index in [0.717, 1.165) is 21.2 Å². The van der Waals surface area contributed by atoms with E-state index < -0.39 is 0 Å². The average molecular weight is 495 g/mol. The Morgan fingerprint density at radius 1 is 1.15 bits per heavy atom. The Labute approximate surface area is 206 Å². The van der Waals surface area contributed by atoms with Crippen LogP contribution in [0.2, 0.25) is 0 Å². The Morgan fingerprint density at radius 2 is 1.91 bits per heavy atom. The summed E-state index contributed by atoms with van der Waals surface area (Å²) in [6, 6.07) is 14.5. The molecule has 2 aromatic carbocycles. The van der Waals surface area contributed by atoms with Gasteiger partial charge in [-0.1, -0.05) is 29.5 Å². The molecule has 2 saturated carbocycles. The maximum absolute atomic E-state index is 13.2. The zero-order valence-corrected chi connectivity index (χ0v) is 20.4. The number of phenols is 1. The highest BCUT2D eigenvalue weighted by Gasteiger charge is 2.55. The van der Waals surface area contributed by atoms with Gasteiger partial charge < -0.3 is 15.2 Å². The maximum Gasteiger partial charge on any atom is 0.308 e. The van der Waals surface area contributed by atoms with Crippen molar-refractivity contribution in [2.75, 3.05) is 12.4 Å². The van der Waals surface area contributed by atoms with Gasteiger partial charge in [-0.2, -0.15) is 0 Å². The topological polar surface area (TPSA) is 80.6 Å². The molecule has 1 aromatic heterocycles. The number of thioether (sulfide) groups is 1. The van der Waals surface area contributed by atoms with Gasteiger partial charge in [0, 0.05) is 27.3 Å². The van der Waals surface area contributed by atoms with Crippen LogP contribution in [0.5, 0.6) is 11.5 Å². The Bertz CT molecular complexity index is 1300. The number of amides is 1. The molecular formula is C26H26N2O4S2. The second kappa shape index (κ2) is 8.50. The molecule has 2 N–H and O–H groups in total. The summed E-state index contributed by atoms with van der Waals surface area (Å²) in [5, 5.41) is 13.7. The van der Waals surface area contributed by atoms with E-state index in [0.29, 0.717) is 28.7 Å². The lowest BCUT2D eigenvalue weighted by Crippen LogP contribution is -2.35. The SMILES string of the molecule is COc1ccccc1[C@@H]1c2sc(=O)n(CC(=O)Nc3ccc(O)cc3)c2SC2C3CCC(C3)C21. The van der Waals surface area contributed by atoms with Gasteiger partial charge in [-0.05, 0) is 67.3 Å². The minimum atomic E-state index is -0.252. The van der Waals surface area contributed by atoms with Crippen LogP contribution in [0.25, 0.3) is 0 Å². The molecule has 0 radical (unpaired) electrons. The molecule has 1 amide bonds. The highest BCUT2D eigenvalue weighted by molar-refractivity contribution is 8.00. The monoisotopic (exact) mass is 494 g/mol. The van der Waals surface area contributed by atoms with E-state index in [1.54, 1.807) is 23.8 Å². The zero-order valence-electron chi connectivity index (χ0n) is 18.8. The standard InChI is InChI=1S/C26H26N2O4S2/c1-32-19-5-3-2-4-18(19)22-21-14-6-7-15(12-14)23(21)33-25-24(22)34-26(31)28(25)13-20(30)27-16-8-10-17(29)11-9-16/h2-5,8-11,14-15,21-23,29H,6-7,12-13H2,1H3,(H,27,30)/t14?,15?,21?,22-,23?/m0/s1. The number of hydrogen-bond acceptors (Lipinski definition) is 6. The number of methoxy groups -OCH3 is 1.